The molecule has 0 bridgehead atoms. The second-order valence-corrected chi connectivity index (χ2v) is 6.10. The summed E-state index contributed by atoms with van der Waals surface area (Å²) in [5, 5.41) is 8.00. The molecule has 3 amide bonds. The van der Waals surface area contributed by atoms with E-state index in [0.717, 1.165) is 17.3 Å². The van der Waals surface area contributed by atoms with Crippen LogP contribution in [0.4, 0.5) is 10.6 Å². The molecule has 1 aliphatic heterocycles. The highest BCUT2D eigenvalue weighted by atomic mass is 32.2. The molecule has 2 N–H and O–H groups in total. The number of anilines is 1. The Labute approximate surface area is 146 Å². The van der Waals surface area contributed by atoms with Crippen molar-refractivity contribution < 1.29 is 23.6 Å². The van der Waals surface area contributed by atoms with Crippen LogP contribution in [0.2, 0.25) is 0 Å². The van der Waals surface area contributed by atoms with Crippen molar-refractivity contribution in [2.75, 3.05) is 11.9 Å². The summed E-state index contributed by atoms with van der Waals surface area (Å²) in [5.41, 5.74) is 0.738. The molecule has 0 unspecified atom stereocenters. The molecule has 2 aromatic rings. The van der Waals surface area contributed by atoms with Crippen LogP contribution in [-0.2, 0) is 9.59 Å². The van der Waals surface area contributed by atoms with E-state index in [9.17, 15) is 14.4 Å². The molecule has 0 aliphatic carbocycles. The first kappa shape index (κ1) is 16.8. The summed E-state index contributed by atoms with van der Waals surface area (Å²) >= 11 is 0.853. The third kappa shape index (κ3) is 4.48. The number of aromatic nitrogens is 1. The number of amides is 3. The molecular formula is C16H13N3O5S. The highest BCUT2D eigenvalue weighted by Gasteiger charge is 2.24. The van der Waals surface area contributed by atoms with Gasteiger partial charge in [-0.3, -0.25) is 19.7 Å². The maximum absolute atomic E-state index is 11.8. The summed E-state index contributed by atoms with van der Waals surface area (Å²) in [7, 11) is 0. The summed E-state index contributed by atoms with van der Waals surface area (Å²) in [6, 6.07) is 8.37. The number of nitrogens with one attached hydrogen (secondary N) is 2. The van der Waals surface area contributed by atoms with Crippen molar-refractivity contribution in [3.8, 4) is 5.75 Å². The van der Waals surface area contributed by atoms with Crippen molar-refractivity contribution in [3.63, 3.8) is 0 Å². The van der Waals surface area contributed by atoms with E-state index in [1.165, 1.54) is 0 Å². The van der Waals surface area contributed by atoms with E-state index in [1.807, 2.05) is 0 Å². The minimum atomic E-state index is -0.407. The summed E-state index contributed by atoms with van der Waals surface area (Å²) in [5.74, 6) is 0.645. The van der Waals surface area contributed by atoms with Gasteiger partial charge in [0.2, 0.25) is 0 Å². The average Bonchev–Trinajstić information content (AvgIpc) is 3.11. The van der Waals surface area contributed by atoms with Crippen LogP contribution in [0.1, 0.15) is 11.3 Å². The van der Waals surface area contributed by atoms with Crippen LogP contribution < -0.4 is 15.4 Å². The first-order chi connectivity index (χ1) is 12.0. The second kappa shape index (κ2) is 7.22. The molecule has 9 heteroatoms. The molecule has 1 saturated heterocycles. The standard InChI is InChI=1S/C16H13N3O5S/c1-9-6-13(19-24-9)17-14(20)8-23-11-4-2-10(3-5-11)7-12-15(21)18-16(22)25-12/h2-7H,8H2,1H3,(H,17,19,20)(H,18,21,22)/b12-7-. The number of hydrogen-bond acceptors (Lipinski definition) is 7. The number of hydrogen-bond donors (Lipinski definition) is 2. The molecule has 1 aromatic heterocycles. The first-order valence-corrected chi connectivity index (χ1v) is 8.02. The minimum Gasteiger partial charge on any atom is -0.484 e. The molecule has 8 nitrogen and oxygen atoms in total. The van der Waals surface area contributed by atoms with Crippen LogP contribution in [0, 0.1) is 6.92 Å². The lowest BCUT2D eigenvalue weighted by Crippen LogP contribution is -2.20. The summed E-state index contributed by atoms with van der Waals surface area (Å²) in [6.07, 6.45) is 1.61. The van der Waals surface area contributed by atoms with Gasteiger partial charge in [0.15, 0.2) is 12.4 Å². The molecule has 2 heterocycles. The smallest absolute Gasteiger partial charge is 0.290 e. The Kier molecular flexibility index (Phi) is 4.85. The van der Waals surface area contributed by atoms with E-state index in [4.69, 9.17) is 9.26 Å². The molecule has 0 atom stereocenters. The zero-order valence-electron chi connectivity index (χ0n) is 13.1. The molecule has 1 aliphatic rings. The number of carbonyl (C=O) groups excluding carboxylic acids is 3. The fraction of sp³-hybridized carbons (Fsp3) is 0.125. The van der Waals surface area contributed by atoms with Gasteiger partial charge in [-0.1, -0.05) is 17.3 Å². The van der Waals surface area contributed by atoms with Gasteiger partial charge < -0.3 is 14.6 Å². The van der Waals surface area contributed by atoms with E-state index in [1.54, 1.807) is 43.3 Å². The monoisotopic (exact) mass is 359 g/mol. The highest BCUT2D eigenvalue weighted by Crippen LogP contribution is 2.26. The molecule has 0 radical (unpaired) electrons. The zero-order valence-corrected chi connectivity index (χ0v) is 13.9. The Morgan fingerprint density at radius 1 is 1.36 bits per heavy atom. The third-order valence-corrected chi connectivity index (χ3v) is 3.90. The van der Waals surface area contributed by atoms with Gasteiger partial charge in [0, 0.05) is 6.07 Å². The van der Waals surface area contributed by atoms with Crippen LogP contribution in [-0.4, -0.2) is 28.8 Å². The minimum absolute atomic E-state index is 0.181. The number of benzene rings is 1. The SMILES string of the molecule is Cc1cc(NC(=O)COc2ccc(/C=C3\SC(=O)NC3=O)cc2)no1. The quantitative estimate of drug-likeness (QED) is 0.788. The molecular weight excluding hydrogens is 346 g/mol. The van der Waals surface area contributed by atoms with Crippen LogP contribution in [0.3, 0.4) is 0 Å². The number of nitrogens with zero attached hydrogens (tertiary/aromatic N) is 1. The Balaban J connectivity index is 1.54. The summed E-state index contributed by atoms with van der Waals surface area (Å²) < 4.78 is 10.2. The lowest BCUT2D eigenvalue weighted by Gasteiger charge is -2.06. The molecule has 3 rings (SSSR count). The molecule has 128 valence electrons. The van der Waals surface area contributed by atoms with Crippen molar-refractivity contribution in [1.82, 2.24) is 10.5 Å². The predicted molar refractivity (Wildman–Crippen MR) is 90.9 cm³/mol. The Morgan fingerprint density at radius 2 is 2.12 bits per heavy atom. The van der Waals surface area contributed by atoms with E-state index in [2.05, 4.69) is 15.8 Å². The number of rotatable bonds is 5. The summed E-state index contributed by atoms with van der Waals surface area (Å²) in [6.45, 7) is 1.54. The van der Waals surface area contributed by atoms with Crippen LogP contribution in [0.15, 0.2) is 39.8 Å². The van der Waals surface area contributed by atoms with Gasteiger partial charge >= 0.3 is 0 Å². The van der Waals surface area contributed by atoms with Gasteiger partial charge in [-0.25, -0.2) is 0 Å². The number of thioether (sulfide) groups is 1. The molecule has 0 saturated carbocycles. The maximum atomic E-state index is 11.8. The molecule has 1 fully saturated rings. The van der Waals surface area contributed by atoms with E-state index in [-0.39, 0.29) is 17.8 Å². The largest absolute Gasteiger partial charge is 0.484 e. The van der Waals surface area contributed by atoms with E-state index < -0.39 is 5.91 Å². The Hall–Kier alpha value is -3.07. The predicted octanol–water partition coefficient (Wildman–Crippen LogP) is 2.32. The van der Waals surface area contributed by atoms with Gasteiger partial charge in [0.25, 0.3) is 17.1 Å². The maximum Gasteiger partial charge on any atom is 0.290 e. The second-order valence-electron chi connectivity index (χ2n) is 5.08. The fourth-order valence-corrected chi connectivity index (χ4v) is 2.67. The van der Waals surface area contributed by atoms with Gasteiger partial charge in [-0.2, -0.15) is 0 Å². The average molecular weight is 359 g/mol. The number of carbonyl (C=O) groups is 3. The van der Waals surface area contributed by atoms with Crippen LogP contribution in [0.25, 0.3) is 6.08 Å². The Bertz CT molecular complexity index is 857. The van der Waals surface area contributed by atoms with E-state index >= 15 is 0 Å². The van der Waals surface area contributed by atoms with Gasteiger partial charge in [0.1, 0.15) is 11.5 Å². The van der Waals surface area contributed by atoms with Crippen molar-refractivity contribution in [3.05, 3.63) is 46.6 Å². The Morgan fingerprint density at radius 3 is 2.72 bits per heavy atom. The topological polar surface area (TPSA) is 111 Å². The number of aryl methyl sites for hydroxylation is 1. The van der Waals surface area contributed by atoms with Gasteiger partial charge in [0.05, 0.1) is 4.91 Å². The van der Waals surface area contributed by atoms with Gasteiger partial charge in [-0.15, -0.1) is 0 Å². The summed E-state index contributed by atoms with van der Waals surface area (Å²) in [4.78, 5) is 34.7. The first-order valence-electron chi connectivity index (χ1n) is 7.20. The lowest BCUT2D eigenvalue weighted by atomic mass is 10.2. The zero-order chi connectivity index (χ0) is 17.8. The molecule has 25 heavy (non-hydrogen) atoms. The number of imide groups is 1. The van der Waals surface area contributed by atoms with E-state index in [0.29, 0.717) is 22.2 Å². The van der Waals surface area contributed by atoms with Crippen molar-refractivity contribution in [1.29, 1.82) is 0 Å². The van der Waals surface area contributed by atoms with Crippen molar-refractivity contribution >= 4 is 40.7 Å². The van der Waals surface area contributed by atoms with Crippen molar-refractivity contribution in [2.45, 2.75) is 6.92 Å². The van der Waals surface area contributed by atoms with Crippen LogP contribution >= 0.6 is 11.8 Å². The third-order valence-electron chi connectivity index (χ3n) is 3.09. The van der Waals surface area contributed by atoms with Crippen molar-refractivity contribution in [2.24, 2.45) is 0 Å². The van der Waals surface area contributed by atoms with Crippen LogP contribution in [0.5, 0.6) is 5.75 Å². The molecule has 0 spiro atoms. The normalized spacial score (nSPS) is 15.3. The van der Waals surface area contributed by atoms with Gasteiger partial charge in [-0.05, 0) is 42.5 Å². The molecule has 1 aromatic carbocycles. The number of ether oxygens (including phenoxy) is 1. The lowest BCUT2D eigenvalue weighted by molar-refractivity contribution is -0.118. The fourth-order valence-electron chi connectivity index (χ4n) is 1.99. The highest BCUT2D eigenvalue weighted by molar-refractivity contribution is 8.18.